The summed E-state index contributed by atoms with van der Waals surface area (Å²) in [6, 6.07) is 16.3. The Morgan fingerprint density at radius 2 is 1.64 bits per heavy atom. The van der Waals surface area contributed by atoms with E-state index in [2.05, 4.69) is 0 Å². The first kappa shape index (κ1) is 16.8. The highest BCUT2D eigenvalue weighted by atomic mass is 35.5. The predicted octanol–water partition coefficient (Wildman–Crippen LogP) is 4.48. The molecule has 2 aromatic rings. The lowest BCUT2D eigenvalue weighted by Gasteiger charge is -2.24. The third kappa shape index (κ3) is 4.24. The van der Waals surface area contributed by atoms with Gasteiger partial charge in [-0.3, -0.25) is 4.31 Å². The number of unbranched alkanes of at least 4 members (excludes halogenated alkanes) is 1. The van der Waals surface area contributed by atoms with Crippen LogP contribution in [0, 0.1) is 0 Å². The number of anilines is 1. The van der Waals surface area contributed by atoms with Crippen molar-refractivity contribution in [2.45, 2.75) is 25.5 Å². The molecule has 0 radical (unpaired) electrons. The summed E-state index contributed by atoms with van der Waals surface area (Å²) in [4.78, 5) is 0. The summed E-state index contributed by atoms with van der Waals surface area (Å²) in [6.07, 6.45) is 1.75. The number of rotatable bonds is 7. The van der Waals surface area contributed by atoms with Crippen LogP contribution in [-0.4, -0.2) is 15.0 Å². The summed E-state index contributed by atoms with van der Waals surface area (Å²) in [5.74, 6) is -0.0920. The second-order valence-corrected chi connectivity index (χ2v) is 7.41. The molecule has 0 aliphatic heterocycles. The van der Waals surface area contributed by atoms with E-state index in [0.717, 1.165) is 12.8 Å². The van der Waals surface area contributed by atoms with E-state index in [4.69, 9.17) is 11.6 Å². The van der Waals surface area contributed by atoms with Crippen molar-refractivity contribution < 1.29 is 8.42 Å². The van der Waals surface area contributed by atoms with Crippen molar-refractivity contribution in [2.75, 3.05) is 10.8 Å². The third-order valence-corrected chi connectivity index (χ3v) is 5.50. The van der Waals surface area contributed by atoms with Gasteiger partial charge in [0.15, 0.2) is 0 Å². The number of benzene rings is 2. The molecule has 0 N–H and O–H groups in total. The Balaban J connectivity index is 2.31. The molecule has 2 aromatic carbocycles. The molecule has 0 amide bonds. The zero-order chi connectivity index (χ0) is 16.0. The number of hydrogen-bond donors (Lipinski definition) is 0. The minimum Gasteiger partial charge on any atom is -0.270 e. The van der Waals surface area contributed by atoms with E-state index in [-0.39, 0.29) is 5.75 Å². The van der Waals surface area contributed by atoms with Gasteiger partial charge < -0.3 is 0 Å². The average Bonchev–Trinajstić information content (AvgIpc) is 2.51. The van der Waals surface area contributed by atoms with Gasteiger partial charge in [0.25, 0.3) is 0 Å². The van der Waals surface area contributed by atoms with Crippen molar-refractivity contribution in [3.8, 4) is 0 Å². The summed E-state index contributed by atoms with van der Waals surface area (Å²) in [6.45, 7) is 2.52. The number of para-hydroxylation sites is 1. The second-order valence-electron chi connectivity index (χ2n) is 5.11. The van der Waals surface area contributed by atoms with Crippen LogP contribution >= 0.6 is 11.6 Å². The van der Waals surface area contributed by atoms with Crippen LogP contribution in [0.2, 0.25) is 5.02 Å². The van der Waals surface area contributed by atoms with E-state index in [0.29, 0.717) is 22.8 Å². The highest BCUT2D eigenvalue weighted by Gasteiger charge is 2.23. The number of hydrogen-bond acceptors (Lipinski definition) is 2. The van der Waals surface area contributed by atoms with Gasteiger partial charge in [-0.15, -0.1) is 0 Å². The van der Waals surface area contributed by atoms with Gasteiger partial charge in [-0.25, -0.2) is 8.42 Å². The molecule has 0 atom stereocenters. The zero-order valence-electron chi connectivity index (χ0n) is 12.6. The van der Waals surface area contributed by atoms with Crippen LogP contribution in [-0.2, 0) is 15.8 Å². The predicted molar refractivity (Wildman–Crippen MR) is 92.8 cm³/mol. The summed E-state index contributed by atoms with van der Waals surface area (Å²) >= 11 is 6.10. The zero-order valence-corrected chi connectivity index (χ0v) is 14.1. The van der Waals surface area contributed by atoms with E-state index in [1.165, 1.54) is 4.31 Å². The maximum Gasteiger partial charge on any atom is 0.239 e. The van der Waals surface area contributed by atoms with E-state index in [1.807, 2.05) is 37.3 Å². The lowest BCUT2D eigenvalue weighted by molar-refractivity contribution is 0.588. The Bertz CT molecular complexity index is 702. The monoisotopic (exact) mass is 337 g/mol. The van der Waals surface area contributed by atoms with Crippen molar-refractivity contribution in [1.82, 2.24) is 0 Å². The standard InChI is InChI=1S/C17H20ClNO2S/c1-2-3-13-19(16-10-5-4-6-11-16)22(20,21)14-15-9-7-8-12-17(15)18/h4-12H,2-3,13-14H2,1H3. The summed E-state index contributed by atoms with van der Waals surface area (Å²) in [5, 5.41) is 0.481. The van der Waals surface area contributed by atoms with Crippen molar-refractivity contribution in [3.63, 3.8) is 0 Å². The van der Waals surface area contributed by atoms with Gasteiger partial charge in [0.2, 0.25) is 10.0 Å². The van der Waals surface area contributed by atoms with Crippen LogP contribution in [0.4, 0.5) is 5.69 Å². The fourth-order valence-electron chi connectivity index (χ4n) is 2.21. The Morgan fingerprint density at radius 1 is 1.00 bits per heavy atom. The Labute approximate surface area is 137 Å². The molecule has 2 rings (SSSR count). The lowest BCUT2D eigenvalue weighted by atomic mass is 10.2. The minimum atomic E-state index is -3.47. The smallest absolute Gasteiger partial charge is 0.239 e. The number of halogens is 1. The molecule has 118 valence electrons. The molecule has 0 saturated heterocycles. The fraction of sp³-hybridized carbons (Fsp3) is 0.294. The SMILES string of the molecule is CCCCN(c1ccccc1)S(=O)(=O)Cc1ccccc1Cl. The Morgan fingerprint density at radius 3 is 2.27 bits per heavy atom. The maximum atomic E-state index is 12.8. The molecule has 0 aromatic heterocycles. The second kappa shape index (κ2) is 7.65. The first-order valence-electron chi connectivity index (χ1n) is 7.33. The third-order valence-electron chi connectivity index (χ3n) is 3.39. The topological polar surface area (TPSA) is 37.4 Å². The average molecular weight is 338 g/mol. The molecule has 0 spiro atoms. The summed E-state index contributed by atoms with van der Waals surface area (Å²) < 4.78 is 27.1. The lowest BCUT2D eigenvalue weighted by Crippen LogP contribution is -2.33. The molecule has 0 heterocycles. The normalized spacial score (nSPS) is 11.4. The van der Waals surface area contributed by atoms with Crippen LogP contribution in [0.15, 0.2) is 54.6 Å². The molecule has 0 saturated carbocycles. The molecular formula is C17H20ClNO2S. The molecule has 22 heavy (non-hydrogen) atoms. The molecule has 0 bridgehead atoms. The minimum absolute atomic E-state index is 0.0920. The molecule has 0 aliphatic rings. The van der Waals surface area contributed by atoms with Gasteiger partial charge in [0.05, 0.1) is 11.4 Å². The first-order valence-corrected chi connectivity index (χ1v) is 9.32. The van der Waals surface area contributed by atoms with Gasteiger partial charge in [-0.05, 0) is 30.2 Å². The van der Waals surface area contributed by atoms with Gasteiger partial charge in [0, 0.05) is 11.6 Å². The largest absolute Gasteiger partial charge is 0.270 e. The van der Waals surface area contributed by atoms with Crippen molar-refractivity contribution in [3.05, 3.63) is 65.2 Å². The molecule has 5 heteroatoms. The van der Waals surface area contributed by atoms with Gasteiger partial charge in [-0.2, -0.15) is 0 Å². The molecule has 0 aliphatic carbocycles. The van der Waals surface area contributed by atoms with Crippen LogP contribution in [0.25, 0.3) is 0 Å². The molecule has 0 unspecified atom stereocenters. The van der Waals surface area contributed by atoms with Crippen molar-refractivity contribution in [2.24, 2.45) is 0 Å². The molecular weight excluding hydrogens is 318 g/mol. The Hall–Kier alpha value is -1.52. The fourth-order valence-corrected chi connectivity index (χ4v) is 4.15. The van der Waals surface area contributed by atoms with Crippen molar-refractivity contribution in [1.29, 1.82) is 0 Å². The van der Waals surface area contributed by atoms with Gasteiger partial charge in [-0.1, -0.05) is 61.3 Å². The van der Waals surface area contributed by atoms with E-state index < -0.39 is 10.0 Å². The number of nitrogens with zero attached hydrogens (tertiary/aromatic N) is 1. The maximum absolute atomic E-state index is 12.8. The summed E-state index contributed by atoms with van der Waals surface area (Å²) in [5.41, 5.74) is 1.32. The highest BCUT2D eigenvalue weighted by Crippen LogP contribution is 2.24. The van der Waals surface area contributed by atoms with Crippen LogP contribution in [0.5, 0.6) is 0 Å². The van der Waals surface area contributed by atoms with E-state index in [9.17, 15) is 8.42 Å². The summed E-state index contributed by atoms with van der Waals surface area (Å²) in [7, 11) is -3.47. The van der Waals surface area contributed by atoms with Crippen LogP contribution in [0.3, 0.4) is 0 Å². The van der Waals surface area contributed by atoms with Crippen LogP contribution in [0.1, 0.15) is 25.3 Å². The number of sulfonamides is 1. The van der Waals surface area contributed by atoms with E-state index in [1.54, 1.807) is 24.3 Å². The van der Waals surface area contributed by atoms with Crippen LogP contribution < -0.4 is 4.31 Å². The first-order chi connectivity index (χ1) is 10.5. The Kier molecular flexibility index (Phi) is 5.86. The quantitative estimate of drug-likeness (QED) is 0.747. The molecule has 3 nitrogen and oxygen atoms in total. The van der Waals surface area contributed by atoms with Gasteiger partial charge >= 0.3 is 0 Å². The highest BCUT2D eigenvalue weighted by molar-refractivity contribution is 7.92. The van der Waals surface area contributed by atoms with Crippen molar-refractivity contribution >= 4 is 27.3 Å². The van der Waals surface area contributed by atoms with E-state index >= 15 is 0 Å². The molecule has 0 fully saturated rings. The van der Waals surface area contributed by atoms with Gasteiger partial charge in [0.1, 0.15) is 0 Å².